The van der Waals surface area contributed by atoms with Crippen LogP contribution >= 0.6 is 11.6 Å². The van der Waals surface area contributed by atoms with E-state index in [9.17, 15) is 4.79 Å². The molecule has 4 nitrogen and oxygen atoms in total. The lowest BCUT2D eigenvalue weighted by atomic mass is 10.1. The van der Waals surface area contributed by atoms with Crippen molar-refractivity contribution < 1.29 is 19.7 Å². The van der Waals surface area contributed by atoms with E-state index in [0.717, 1.165) is 5.56 Å². The van der Waals surface area contributed by atoms with Crippen LogP contribution in [-0.4, -0.2) is 29.1 Å². The molecule has 0 heterocycles. The molecule has 0 fully saturated rings. The van der Waals surface area contributed by atoms with E-state index < -0.39 is 5.79 Å². The molecule has 0 bridgehead atoms. The van der Waals surface area contributed by atoms with Crippen LogP contribution in [0.4, 0.5) is 0 Å². The standard InChI is InChI=1S/C10H11ClO2.C5H12O2/c1-13-10(12)7-6-8-4-2-3-5-9(8)11;1-3-5(6,7)4-2/h2-5H,6-7H2,1H3;6-7H,3-4H2,1-2H3. The molecule has 0 radical (unpaired) electrons. The zero-order valence-corrected chi connectivity index (χ0v) is 13.0. The van der Waals surface area contributed by atoms with Gasteiger partial charge in [0.1, 0.15) is 0 Å². The Morgan fingerprint density at radius 3 is 2.20 bits per heavy atom. The molecule has 0 aliphatic rings. The van der Waals surface area contributed by atoms with E-state index in [1.165, 1.54) is 7.11 Å². The fourth-order valence-corrected chi connectivity index (χ4v) is 1.52. The van der Waals surface area contributed by atoms with Gasteiger partial charge in [-0.05, 0) is 30.9 Å². The number of aliphatic hydroxyl groups is 2. The maximum Gasteiger partial charge on any atom is 0.305 e. The molecule has 20 heavy (non-hydrogen) atoms. The summed E-state index contributed by atoms with van der Waals surface area (Å²) in [5, 5.41) is 18.1. The maximum atomic E-state index is 10.8. The Morgan fingerprint density at radius 1 is 1.25 bits per heavy atom. The third kappa shape index (κ3) is 8.15. The lowest BCUT2D eigenvalue weighted by Gasteiger charge is -2.15. The summed E-state index contributed by atoms with van der Waals surface area (Å²) < 4.78 is 4.53. The van der Waals surface area contributed by atoms with Gasteiger partial charge in [-0.1, -0.05) is 43.6 Å². The van der Waals surface area contributed by atoms with Gasteiger partial charge >= 0.3 is 5.97 Å². The van der Waals surface area contributed by atoms with Gasteiger partial charge < -0.3 is 14.9 Å². The minimum Gasteiger partial charge on any atom is -0.469 e. The van der Waals surface area contributed by atoms with E-state index in [4.69, 9.17) is 21.8 Å². The topological polar surface area (TPSA) is 66.8 Å². The molecule has 1 aromatic carbocycles. The molecule has 0 amide bonds. The molecule has 0 unspecified atom stereocenters. The van der Waals surface area contributed by atoms with Crippen molar-refractivity contribution in [2.75, 3.05) is 7.11 Å². The Labute approximate surface area is 125 Å². The highest BCUT2D eigenvalue weighted by atomic mass is 35.5. The van der Waals surface area contributed by atoms with Crippen LogP contribution in [0.25, 0.3) is 0 Å². The van der Waals surface area contributed by atoms with Crippen molar-refractivity contribution >= 4 is 17.6 Å². The van der Waals surface area contributed by atoms with E-state index in [0.29, 0.717) is 30.7 Å². The summed E-state index contributed by atoms with van der Waals surface area (Å²) in [6.07, 6.45) is 1.82. The van der Waals surface area contributed by atoms with Crippen LogP contribution in [0.15, 0.2) is 24.3 Å². The van der Waals surface area contributed by atoms with E-state index in [1.807, 2.05) is 24.3 Å². The lowest BCUT2D eigenvalue weighted by Crippen LogP contribution is -2.24. The van der Waals surface area contributed by atoms with Crippen molar-refractivity contribution in [3.63, 3.8) is 0 Å². The molecular weight excluding hydrogens is 280 g/mol. The van der Waals surface area contributed by atoms with Gasteiger partial charge in [0.15, 0.2) is 5.79 Å². The molecule has 1 aromatic rings. The summed E-state index contributed by atoms with van der Waals surface area (Å²) in [4.78, 5) is 10.8. The van der Waals surface area contributed by atoms with Crippen LogP contribution in [0.2, 0.25) is 5.02 Å². The maximum absolute atomic E-state index is 10.8. The first kappa shape index (κ1) is 18.9. The summed E-state index contributed by atoms with van der Waals surface area (Å²) in [5.74, 6) is -1.63. The smallest absolute Gasteiger partial charge is 0.305 e. The third-order valence-corrected chi connectivity index (χ3v) is 3.29. The van der Waals surface area contributed by atoms with Crippen LogP contribution in [0.1, 0.15) is 38.7 Å². The molecule has 0 aliphatic carbocycles. The first-order valence-electron chi connectivity index (χ1n) is 6.61. The van der Waals surface area contributed by atoms with E-state index in [-0.39, 0.29) is 5.97 Å². The summed E-state index contributed by atoms with van der Waals surface area (Å²) in [6.45, 7) is 3.48. The highest BCUT2D eigenvalue weighted by Crippen LogP contribution is 2.16. The number of methoxy groups -OCH3 is 1. The number of benzene rings is 1. The first-order chi connectivity index (χ1) is 9.36. The predicted molar refractivity (Wildman–Crippen MR) is 79.5 cm³/mol. The minimum atomic E-state index is -1.42. The van der Waals surface area contributed by atoms with Gasteiger partial charge in [0.2, 0.25) is 0 Å². The first-order valence-corrected chi connectivity index (χ1v) is 6.99. The normalized spacial score (nSPS) is 10.5. The Balaban J connectivity index is 0.000000441. The number of ether oxygens (including phenoxy) is 1. The van der Waals surface area contributed by atoms with Gasteiger partial charge in [0.05, 0.1) is 7.11 Å². The summed E-state index contributed by atoms with van der Waals surface area (Å²) in [6, 6.07) is 7.49. The molecule has 0 aromatic heterocycles. The fraction of sp³-hybridized carbons (Fsp3) is 0.533. The molecule has 0 aliphatic heterocycles. The van der Waals surface area contributed by atoms with Crippen LogP contribution in [0.3, 0.4) is 0 Å². The van der Waals surface area contributed by atoms with Crippen molar-refractivity contribution in [2.45, 2.75) is 45.3 Å². The van der Waals surface area contributed by atoms with Gasteiger partial charge in [0.25, 0.3) is 0 Å². The van der Waals surface area contributed by atoms with E-state index in [2.05, 4.69) is 4.74 Å². The second kappa shape index (κ2) is 9.75. The van der Waals surface area contributed by atoms with Gasteiger partial charge in [-0.2, -0.15) is 0 Å². The largest absolute Gasteiger partial charge is 0.469 e. The second-order valence-electron chi connectivity index (χ2n) is 4.36. The number of esters is 1. The summed E-state index contributed by atoms with van der Waals surface area (Å²) in [5.41, 5.74) is 0.981. The number of hydrogen-bond acceptors (Lipinski definition) is 4. The van der Waals surface area contributed by atoms with E-state index >= 15 is 0 Å². The van der Waals surface area contributed by atoms with Crippen molar-refractivity contribution in [1.82, 2.24) is 0 Å². The molecule has 1 rings (SSSR count). The van der Waals surface area contributed by atoms with Crippen molar-refractivity contribution in [1.29, 1.82) is 0 Å². The van der Waals surface area contributed by atoms with Crippen LogP contribution in [-0.2, 0) is 16.0 Å². The third-order valence-electron chi connectivity index (χ3n) is 2.92. The van der Waals surface area contributed by atoms with Crippen molar-refractivity contribution in [3.05, 3.63) is 34.9 Å². The van der Waals surface area contributed by atoms with Crippen molar-refractivity contribution in [2.24, 2.45) is 0 Å². The van der Waals surface area contributed by atoms with Gasteiger partial charge in [-0.15, -0.1) is 0 Å². The average Bonchev–Trinajstić information content (AvgIpc) is 2.46. The van der Waals surface area contributed by atoms with Crippen LogP contribution in [0, 0.1) is 0 Å². The highest BCUT2D eigenvalue weighted by molar-refractivity contribution is 6.31. The zero-order valence-electron chi connectivity index (χ0n) is 12.2. The summed E-state index contributed by atoms with van der Waals surface area (Å²) >= 11 is 5.90. The molecule has 0 saturated carbocycles. The SMILES string of the molecule is CCC(O)(O)CC.COC(=O)CCc1ccccc1Cl. The zero-order chi connectivity index (χ0) is 15.6. The molecular formula is C15H23ClO4. The predicted octanol–water partition coefficient (Wildman–Crippen LogP) is 2.93. The van der Waals surface area contributed by atoms with E-state index in [1.54, 1.807) is 13.8 Å². The Hall–Kier alpha value is -1.10. The number of hydrogen-bond donors (Lipinski definition) is 2. The molecule has 2 N–H and O–H groups in total. The van der Waals surface area contributed by atoms with Gasteiger partial charge in [-0.25, -0.2) is 0 Å². The number of rotatable bonds is 5. The Kier molecular flexibility index (Phi) is 9.21. The average molecular weight is 303 g/mol. The molecule has 0 spiro atoms. The number of aryl methyl sites for hydroxylation is 1. The van der Waals surface area contributed by atoms with Crippen LogP contribution in [0.5, 0.6) is 0 Å². The molecule has 0 saturated heterocycles. The van der Waals surface area contributed by atoms with Crippen LogP contribution < -0.4 is 0 Å². The molecule has 114 valence electrons. The number of carbonyl (C=O) groups excluding carboxylic acids is 1. The monoisotopic (exact) mass is 302 g/mol. The number of halogens is 1. The van der Waals surface area contributed by atoms with Crippen molar-refractivity contribution in [3.8, 4) is 0 Å². The molecule has 0 atom stereocenters. The summed E-state index contributed by atoms with van der Waals surface area (Å²) in [7, 11) is 1.38. The molecule has 5 heteroatoms. The van der Waals surface area contributed by atoms with Gasteiger partial charge in [0, 0.05) is 11.4 Å². The second-order valence-corrected chi connectivity index (χ2v) is 4.76. The Bertz CT molecular complexity index is 399. The Morgan fingerprint density at radius 2 is 1.80 bits per heavy atom. The highest BCUT2D eigenvalue weighted by Gasteiger charge is 2.15. The minimum absolute atomic E-state index is 0.208. The van der Waals surface area contributed by atoms with Gasteiger partial charge in [-0.3, -0.25) is 4.79 Å². The quantitative estimate of drug-likeness (QED) is 0.648. The lowest BCUT2D eigenvalue weighted by molar-refractivity contribution is -0.163. The fourth-order valence-electron chi connectivity index (χ4n) is 1.29. The number of carbonyl (C=O) groups is 1.